The number of thiophene rings is 1. The monoisotopic (exact) mass is 322 g/mol. The highest BCUT2D eigenvalue weighted by Crippen LogP contribution is 2.42. The molecule has 6 heteroatoms. The predicted octanol–water partition coefficient (Wildman–Crippen LogP) is 4.24. The normalized spacial score (nSPS) is 19.6. The minimum Gasteiger partial charge on any atom is -0.457 e. The number of carbonyl (C=O) groups is 2. The second-order valence-electron chi connectivity index (χ2n) is 5.12. The summed E-state index contributed by atoms with van der Waals surface area (Å²) in [5, 5.41) is 1.90. The van der Waals surface area contributed by atoms with Gasteiger partial charge in [-0.3, -0.25) is 9.59 Å². The van der Waals surface area contributed by atoms with E-state index in [1.807, 2.05) is 17.5 Å². The molecule has 0 spiro atoms. The zero-order valence-corrected chi connectivity index (χ0v) is 12.5. The Balaban J connectivity index is 2.11. The van der Waals surface area contributed by atoms with Gasteiger partial charge in [0.05, 0.1) is 6.42 Å². The molecule has 0 aliphatic heterocycles. The molecular formula is C16H12F2O3S. The highest BCUT2D eigenvalue weighted by atomic mass is 32.1. The lowest BCUT2D eigenvalue weighted by molar-refractivity contribution is -0.150. The van der Waals surface area contributed by atoms with Crippen molar-refractivity contribution in [3.05, 3.63) is 46.8 Å². The topological polar surface area (TPSA) is 43.4 Å². The molecule has 114 valence electrons. The Kier molecular flexibility index (Phi) is 3.56. The molecule has 1 heterocycles. The van der Waals surface area contributed by atoms with Crippen molar-refractivity contribution in [3.63, 3.8) is 0 Å². The smallest absolute Gasteiger partial charge is 0.313 e. The maximum absolute atomic E-state index is 13.8. The Morgan fingerprint density at radius 3 is 2.77 bits per heavy atom. The minimum absolute atomic E-state index is 0.0807. The van der Waals surface area contributed by atoms with Crippen LogP contribution < -0.4 is 0 Å². The van der Waals surface area contributed by atoms with E-state index in [9.17, 15) is 18.4 Å². The molecule has 1 aliphatic rings. The third-order valence-electron chi connectivity index (χ3n) is 3.53. The number of carbonyl (C=O) groups excluding carboxylic acids is 2. The number of hydrogen-bond donors (Lipinski definition) is 0. The van der Waals surface area contributed by atoms with Gasteiger partial charge < -0.3 is 4.74 Å². The quantitative estimate of drug-likeness (QED) is 0.777. The maximum atomic E-state index is 13.8. The fraction of sp³-hybridized carbons (Fsp3) is 0.250. The first kappa shape index (κ1) is 14.8. The first-order chi connectivity index (χ1) is 10.4. The molecule has 1 aliphatic carbocycles. The molecule has 0 N–H and O–H groups in total. The number of Topliss-reactive ketones (excluding diaryl/α,β-unsaturated/α-hetero) is 1. The van der Waals surface area contributed by atoms with Gasteiger partial charge >= 0.3 is 11.9 Å². The molecule has 1 aromatic heterocycles. The maximum Gasteiger partial charge on any atom is 0.313 e. The number of hydrogen-bond acceptors (Lipinski definition) is 4. The van der Waals surface area contributed by atoms with Gasteiger partial charge in [-0.1, -0.05) is 18.2 Å². The lowest BCUT2D eigenvalue weighted by atomic mass is 9.84. The summed E-state index contributed by atoms with van der Waals surface area (Å²) in [6.07, 6.45) is -1.92. The fourth-order valence-electron chi connectivity index (χ4n) is 2.57. The van der Waals surface area contributed by atoms with Gasteiger partial charge in [-0.15, -0.1) is 11.3 Å². The van der Waals surface area contributed by atoms with E-state index in [4.69, 9.17) is 4.74 Å². The van der Waals surface area contributed by atoms with Crippen molar-refractivity contribution in [2.75, 3.05) is 0 Å². The van der Waals surface area contributed by atoms with E-state index in [-0.39, 0.29) is 5.56 Å². The SMILES string of the molecule is CC(=O)OC1CC(F)(F)C(=O)c2ccc(-c3cccs3)cc21. The minimum atomic E-state index is -3.52. The van der Waals surface area contributed by atoms with Crippen molar-refractivity contribution in [2.45, 2.75) is 25.4 Å². The van der Waals surface area contributed by atoms with Gasteiger partial charge in [0, 0.05) is 22.9 Å². The van der Waals surface area contributed by atoms with Gasteiger partial charge in [-0.05, 0) is 23.1 Å². The summed E-state index contributed by atoms with van der Waals surface area (Å²) >= 11 is 1.50. The molecule has 2 aromatic rings. The molecule has 0 saturated carbocycles. The Labute approximate surface area is 129 Å². The standard InChI is InChI=1S/C16H12F2O3S/c1-9(19)21-13-8-16(17,18)15(20)11-5-4-10(7-12(11)13)14-3-2-6-22-14/h2-7,13H,8H2,1H3. The number of ketones is 1. The lowest BCUT2D eigenvalue weighted by Crippen LogP contribution is -2.37. The molecule has 3 rings (SSSR count). The van der Waals surface area contributed by atoms with Crippen LogP contribution in [-0.2, 0) is 9.53 Å². The average Bonchev–Trinajstić information content (AvgIpc) is 2.97. The number of fused-ring (bicyclic) bond motifs is 1. The summed E-state index contributed by atoms with van der Waals surface area (Å²) in [6.45, 7) is 1.16. The highest BCUT2D eigenvalue weighted by Gasteiger charge is 2.48. The summed E-state index contributed by atoms with van der Waals surface area (Å²) in [7, 11) is 0. The van der Waals surface area contributed by atoms with Gasteiger partial charge in [0.2, 0.25) is 5.78 Å². The first-order valence-electron chi connectivity index (χ1n) is 6.66. The van der Waals surface area contributed by atoms with E-state index in [1.54, 1.807) is 12.1 Å². The molecule has 0 radical (unpaired) electrons. The number of halogens is 2. The molecule has 1 atom stereocenters. The highest BCUT2D eigenvalue weighted by molar-refractivity contribution is 7.13. The fourth-order valence-corrected chi connectivity index (χ4v) is 3.29. The van der Waals surface area contributed by atoms with Crippen molar-refractivity contribution in [1.82, 2.24) is 0 Å². The second kappa shape index (κ2) is 5.28. The first-order valence-corrected chi connectivity index (χ1v) is 7.54. The molecule has 3 nitrogen and oxygen atoms in total. The molecule has 1 aromatic carbocycles. The zero-order chi connectivity index (χ0) is 15.9. The predicted molar refractivity (Wildman–Crippen MR) is 78.2 cm³/mol. The van der Waals surface area contributed by atoms with E-state index in [0.29, 0.717) is 5.56 Å². The largest absolute Gasteiger partial charge is 0.457 e. The van der Waals surface area contributed by atoms with Crippen LogP contribution >= 0.6 is 11.3 Å². The van der Waals surface area contributed by atoms with E-state index < -0.39 is 30.2 Å². The van der Waals surface area contributed by atoms with E-state index in [0.717, 1.165) is 17.4 Å². The molecule has 22 heavy (non-hydrogen) atoms. The van der Waals surface area contributed by atoms with E-state index >= 15 is 0 Å². The van der Waals surface area contributed by atoms with Crippen LogP contribution in [0.1, 0.15) is 35.4 Å². The van der Waals surface area contributed by atoms with Crippen LogP contribution in [0.2, 0.25) is 0 Å². The number of ether oxygens (including phenoxy) is 1. The van der Waals surface area contributed by atoms with Crippen molar-refractivity contribution < 1.29 is 23.1 Å². The molecular weight excluding hydrogens is 310 g/mol. The van der Waals surface area contributed by atoms with E-state index in [2.05, 4.69) is 0 Å². The molecule has 0 fully saturated rings. The number of rotatable bonds is 2. The third kappa shape index (κ3) is 2.54. The van der Waals surface area contributed by atoms with Crippen molar-refractivity contribution in [3.8, 4) is 10.4 Å². The lowest BCUT2D eigenvalue weighted by Gasteiger charge is -2.30. The van der Waals surface area contributed by atoms with Gasteiger partial charge in [-0.2, -0.15) is 8.78 Å². The Morgan fingerprint density at radius 1 is 1.36 bits per heavy atom. The van der Waals surface area contributed by atoms with Crippen molar-refractivity contribution >= 4 is 23.1 Å². The van der Waals surface area contributed by atoms with Crippen LogP contribution in [0.15, 0.2) is 35.7 Å². The number of esters is 1. The molecule has 1 unspecified atom stereocenters. The van der Waals surface area contributed by atoms with Crippen LogP contribution in [-0.4, -0.2) is 17.7 Å². The Morgan fingerprint density at radius 2 is 2.14 bits per heavy atom. The van der Waals surface area contributed by atoms with Gasteiger partial charge in [-0.25, -0.2) is 0 Å². The van der Waals surface area contributed by atoms with Crippen LogP contribution in [0.25, 0.3) is 10.4 Å². The summed E-state index contributed by atoms with van der Waals surface area (Å²) in [5.74, 6) is -5.39. The summed E-state index contributed by atoms with van der Waals surface area (Å²) in [4.78, 5) is 24.0. The van der Waals surface area contributed by atoms with E-state index in [1.165, 1.54) is 17.4 Å². The van der Waals surface area contributed by atoms with Crippen LogP contribution in [0.5, 0.6) is 0 Å². The van der Waals surface area contributed by atoms with Gasteiger partial charge in [0.1, 0.15) is 6.10 Å². The van der Waals surface area contributed by atoms with Gasteiger partial charge in [0.15, 0.2) is 0 Å². The molecule has 0 bridgehead atoms. The summed E-state index contributed by atoms with van der Waals surface area (Å²) in [5.41, 5.74) is 1.07. The van der Waals surface area contributed by atoms with Crippen molar-refractivity contribution in [1.29, 1.82) is 0 Å². The Hall–Kier alpha value is -2.08. The molecule has 0 amide bonds. The van der Waals surface area contributed by atoms with Crippen molar-refractivity contribution in [2.24, 2.45) is 0 Å². The Bertz CT molecular complexity index is 738. The van der Waals surface area contributed by atoms with Crippen LogP contribution in [0.3, 0.4) is 0 Å². The average molecular weight is 322 g/mol. The second-order valence-corrected chi connectivity index (χ2v) is 6.06. The third-order valence-corrected chi connectivity index (χ3v) is 4.45. The summed E-state index contributed by atoms with van der Waals surface area (Å²) in [6, 6.07) is 8.45. The van der Waals surface area contributed by atoms with Crippen LogP contribution in [0, 0.1) is 0 Å². The molecule has 0 saturated heterocycles. The summed E-state index contributed by atoms with van der Waals surface area (Å²) < 4.78 is 32.6. The number of benzene rings is 1. The zero-order valence-electron chi connectivity index (χ0n) is 11.6. The van der Waals surface area contributed by atoms with Gasteiger partial charge in [0.25, 0.3) is 0 Å². The number of alkyl halides is 2. The van der Waals surface area contributed by atoms with Crippen LogP contribution in [0.4, 0.5) is 8.78 Å².